The monoisotopic (exact) mass is 468 g/mol. The first-order valence-corrected chi connectivity index (χ1v) is 13.4. The van der Waals surface area contributed by atoms with Crippen LogP contribution in [0.1, 0.15) is 26.2 Å². The summed E-state index contributed by atoms with van der Waals surface area (Å²) in [5.41, 5.74) is 1.79. The number of hydrogen-bond acceptors (Lipinski definition) is 4. The van der Waals surface area contributed by atoms with Crippen molar-refractivity contribution in [3.63, 3.8) is 0 Å². The molecule has 5 heteroatoms. The topological polar surface area (TPSA) is 52.6 Å². The highest BCUT2D eigenvalue weighted by Gasteiger charge is 2.34. The van der Waals surface area contributed by atoms with E-state index in [1.807, 2.05) is 54.6 Å². The smallest absolute Gasteiger partial charge is 0.413 e. The van der Waals surface area contributed by atoms with Crippen LogP contribution in [0.15, 0.2) is 84.7 Å². The lowest BCUT2D eigenvalue weighted by Gasteiger charge is -2.17. The molecule has 0 N–H and O–H groups in total. The zero-order valence-electron chi connectivity index (χ0n) is 18.9. The second kappa shape index (κ2) is 8.14. The van der Waals surface area contributed by atoms with E-state index < -0.39 is 7.60 Å². The van der Waals surface area contributed by atoms with Crippen LogP contribution in [0.3, 0.4) is 0 Å². The number of rotatable bonds is 3. The Bertz CT molecular complexity index is 1430. The van der Waals surface area contributed by atoms with Crippen molar-refractivity contribution in [2.24, 2.45) is 11.8 Å². The van der Waals surface area contributed by atoms with Gasteiger partial charge in [-0.1, -0.05) is 73.7 Å². The number of carbonyl (C=O) groups excluding carboxylic acids is 1. The van der Waals surface area contributed by atoms with Gasteiger partial charge in [0.25, 0.3) is 0 Å². The maximum absolute atomic E-state index is 14.0. The SMILES string of the molecule is C[C@@H](/C=C/P1(=O)Oc2ccc3ccccc3c2-c2c(ccc3ccccc23)O1)[C@@H]1CCC(=O)C1. The molecule has 2 atom stereocenters. The van der Waals surface area contributed by atoms with Crippen LogP contribution in [0.5, 0.6) is 11.5 Å². The van der Waals surface area contributed by atoms with E-state index in [1.165, 1.54) is 0 Å². The minimum Gasteiger partial charge on any atom is -0.413 e. The Hall–Kier alpha value is -3.36. The van der Waals surface area contributed by atoms with Gasteiger partial charge in [-0.3, -0.25) is 4.79 Å². The highest BCUT2D eigenvalue weighted by Crippen LogP contribution is 2.59. The summed E-state index contributed by atoms with van der Waals surface area (Å²) in [6.45, 7) is 2.06. The van der Waals surface area contributed by atoms with Gasteiger partial charge >= 0.3 is 7.60 Å². The second-order valence-electron chi connectivity index (χ2n) is 9.28. The van der Waals surface area contributed by atoms with E-state index in [4.69, 9.17) is 9.05 Å². The average molecular weight is 468 g/mol. The molecule has 170 valence electrons. The molecule has 0 radical (unpaired) electrons. The first-order chi connectivity index (χ1) is 16.5. The fourth-order valence-electron chi connectivity index (χ4n) is 5.21. The molecule has 1 aliphatic heterocycles. The van der Waals surface area contributed by atoms with Gasteiger partial charge in [-0.05, 0) is 51.9 Å². The van der Waals surface area contributed by atoms with E-state index in [9.17, 15) is 9.36 Å². The summed E-state index contributed by atoms with van der Waals surface area (Å²) in [6, 6.07) is 24.0. The molecular weight excluding hydrogens is 443 g/mol. The first kappa shape index (κ1) is 21.2. The lowest BCUT2D eigenvalue weighted by molar-refractivity contribution is -0.117. The van der Waals surface area contributed by atoms with E-state index in [-0.39, 0.29) is 11.8 Å². The van der Waals surface area contributed by atoms with Crippen molar-refractivity contribution in [1.29, 1.82) is 0 Å². The molecule has 1 fully saturated rings. The molecule has 4 nitrogen and oxygen atoms in total. The highest BCUT2D eigenvalue weighted by atomic mass is 31.2. The summed E-state index contributed by atoms with van der Waals surface area (Å²) in [7, 11) is -3.65. The lowest BCUT2D eigenvalue weighted by Crippen LogP contribution is -2.06. The van der Waals surface area contributed by atoms with Crippen molar-refractivity contribution < 1.29 is 18.4 Å². The summed E-state index contributed by atoms with van der Waals surface area (Å²) in [5.74, 6) is 3.37. The molecule has 0 spiro atoms. The van der Waals surface area contributed by atoms with Gasteiger partial charge < -0.3 is 9.05 Å². The maximum atomic E-state index is 14.0. The third-order valence-electron chi connectivity index (χ3n) is 7.08. The zero-order valence-corrected chi connectivity index (χ0v) is 19.8. The Balaban J connectivity index is 1.52. The standard InChI is InChI=1S/C29H25O4P/c1-19(22-10-13-23(30)18-22)16-17-34(31)32-26-14-11-20-6-2-4-8-24(20)28(26)29-25-9-5-3-7-21(25)12-15-27(29)33-34/h2-9,11-12,14-17,19,22H,10,13,18H2,1H3/b17-16+/t19-,22+/m0/s1. The van der Waals surface area contributed by atoms with Crippen LogP contribution < -0.4 is 9.05 Å². The number of Topliss-reactive ketones (excluding diaryl/α,β-unsaturated/α-hetero) is 1. The molecule has 0 saturated heterocycles. The van der Waals surface area contributed by atoms with E-state index in [0.29, 0.717) is 30.1 Å². The van der Waals surface area contributed by atoms with Crippen molar-refractivity contribution in [2.75, 3.05) is 0 Å². The van der Waals surface area contributed by atoms with Crippen LogP contribution >= 0.6 is 7.60 Å². The molecule has 4 aromatic carbocycles. The normalized spacial score (nSPS) is 19.9. The lowest BCUT2D eigenvalue weighted by atomic mass is 9.92. The zero-order chi connectivity index (χ0) is 23.3. The van der Waals surface area contributed by atoms with Gasteiger partial charge in [0.1, 0.15) is 17.3 Å². The minimum atomic E-state index is -3.65. The molecular formula is C29H25O4P. The Morgan fingerprint density at radius 2 is 1.41 bits per heavy atom. The average Bonchev–Trinajstić information content (AvgIpc) is 3.23. The largest absolute Gasteiger partial charge is 0.455 e. The van der Waals surface area contributed by atoms with Crippen LogP contribution in [-0.4, -0.2) is 5.78 Å². The maximum Gasteiger partial charge on any atom is 0.455 e. The van der Waals surface area contributed by atoms with Gasteiger partial charge in [0.05, 0.1) is 0 Å². The van der Waals surface area contributed by atoms with E-state index in [0.717, 1.165) is 39.1 Å². The second-order valence-corrected chi connectivity index (χ2v) is 11.0. The molecule has 0 unspecified atom stereocenters. The molecule has 1 heterocycles. The molecule has 6 rings (SSSR count). The molecule has 34 heavy (non-hydrogen) atoms. The Labute approximate surface area is 198 Å². The van der Waals surface area contributed by atoms with Gasteiger partial charge in [0, 0.05) is 29.8 Å². The predicted octanol–water partition coefficient (Wildman–Crippen LogP) is 8.14. The number of allylic oxidation sites excluding steroid dienone is 1. The van der Waals surface area contributed by atoms with Crippen LogP contribution in [0.4, 0.5) is 0 Å². The van der Waals surface area contributed by atoms with Crippen LogP contribution in [0.2, 0.25) is 0 Å². The molecule has 2 aliphatic rings. The minimum absolute atomic E-state index is 0.111. The van der Waals surface area contributed by atoms with Crippen molar-refractivity contribution in [1.82, 2.24) is 0 Å². The third-order valence-corrected chi connectivity index (χ3v) is 8.52. The van der Waals surface area contributed by atoms with E-state index in [1.54, 1.807) is 5.82 Å². The van der Waals surface area contributed by atoms with Crippen molar-refractivity contribution in [3.8, 4) is 22.6 Å². The van der Waals surface area contributed by atoms with Gasteiger partial charge in [0.15, 0.2) is 0 Å². The fraction of sp³-hybridized carbons (Fsp3) is 0.207. The van der Waals surface area contributed by atoms with Gasteiger partial charge in [-0.15, -0.1) is 0 Å². The summed E-state index contributed by atoms with van der Waals surface area (Å²) in [6.07, 6.45) is 3.99. The molecule has 4 aromatic rings. The fourth-order valence-corrected chi connectivity index (χ4v) is 6.71. The molecule has 0 aromatic heterocycles. The number of ketones is 1. The van der Waals surface area contributed by atoms with Gasteiger partial charge in [0.2, 0.25) is 0 Å². The predicted molar refractivity (Wildman–Crippen MR) is 136 cm³/mol. The van der Waals surface area contributed by atoms with Crippen LogP contribution in [0.25, 0.3) is 32.7 Å². The number of hydrogen-bond donors (Lipinski definition) is 0. The highest BCUT2D eigenvalue weighted by molar-refractivity contribution is 7.58. The summed E-state index contributed by atoms with van der Waals surface area (Å²) >= 11 is 0. The van der Waals surface area contributed by atoms with Crippen molar-refractivity contribution in [2.45, 2.75) is 26.2 Å². The van der Waals surface area contributed by atoms with E-state index in [2.05, 4.69) is 31.2 Å². The molecule has 0 amide bonds. The number of fused-ring (bicyclic) bond motifs is 7. The Kier molecular flexibility index (Phi) is 5.08. The van der Waals surface area contributed by atoms with Crippen molar-refractivity contribution in [3.05, 3.63) is 84.7 Å². The number of benzene rings is 4. The quantitative estimate of drug-likeness (QED) is 0.285. The molecule has 1 aliphatic carbocycles. The summed E-state index contributed by atoms with van der Waals surface area (Å²) in [4.78, 5) is 11.7. The summed E-state index contributed by atoms with van der Waals surface area (Å²) in [5, 5.41) is 4.21. The van der Waals surface area contributed by atoms with E-state index >= 15 is 0 Å². The van der Waals surface area contributed by atoms with Gasteiger partial charge in [-0.25, -0.2) is 4.57 Å². The Morgan fingerprint density at radius 1 is 0.853 bits per heavy atom. The third kappa shape index (κ3) is 3.63. The summed E-state index contributed by atoms with van der Waals surface area (Å²) < 4.78 is 26.4. The molecule has 0 bridgehead atoms. The van der Waals surface area contributed by atoms with Gasteiger partial charge in [-0.2, -0.15) is 0 Å². The molecule has 1 saturated carbocycles. The Morgan fingerprint density at radius 3 is 1.94 bits per heavy atom. The van der Waals surface area contributed by atoms with Crippen molar-refractivity contribution >= 4 is 34.9 Å². The van der Waals surface area contributed by atoms with Crippen LogP contribution in [0, 0.1) is 11.8 Å². The van der Waals surface area contributed by atoms with Crippen LogP contribution in [-0.2, 0) is 9.36 Å². The first-order valence-electron chi connectivity index (χ1n) is 11.7. The number of carbonyl (C=O) groups is 1.